The van der Waals surface area contributed by atoms with E-state index >= 15 is 0 Å². The van der Waals surface area contributed by atoms with Gasteiger partial charge in [0.2, 0.25) is 10.0 Å². The van der Waals surface area contributed by atoms with E-state index in [0.29, 0.717) is 0 Å². The van der Waals surface area contributed by atoms with Crippen LogP contribution in [0.15, 0.2) is 12.7 Å². The van der Waals surface area contributed by atoms with Gasteiger partial charge in [-0.1, -0.05) is 6.08 Å². The van der Waals surface area contributed by atoms with Crippen LogP contribution >= 0.6 is 0 Å². The van der Waals surface area contributed by atoms with Crippen molar-refractivity contribution in [3.8, 4) is 0 Å². The molecule has 8 heteroatoms. The molecule has 0 bridgehead atoms. The zero-order valence-electron chi connectivity index (χ0n) is 7.08. The van der Waals surface area contributed by atoms with Crippen LogP contribution in [0.3, 0.4) is 0 Å². The number of aliphatic hydroxyl groups is 1. The quantitative estimate of drug-likeness (QED) is 0.658. The number of hydrogen-bond acceptors (Lipinski definition) is 3. The molecule has 0 aromatic heterocycles. The Morgan fingerprint density at radius 2 is 2.00 bits per heavy atom. The van der Waals surface area contributed by atoms with E-state index in [-0.39, 0.29) is 0 Å². The third-order valence-corrected chi connectivity index (χ3v) is 2.49. The van der Waals surface area contributed by atoms with Gasteiger partial charge in [0.15, 0.2) is 6.10 Å². The maximum Gasteiger partial charge on any atom is 0.415 e. The van der Waals surface area contributed by atoms with Crippen LogP contribution in [0.1, 0.15) is 0 Å². The molecule has 0 aliphatic heterocycles. The summed E-state index contributed by atoms with van der Waals surface area (Å²) in [5.41, 5.74) is 0. The number of alkyl halides is 3. The summed E-state index contributed by atoms with van der Waals surface area (Å²) in [4.78, 5) is 0. The van der Waals surface area contributed by atoms with Crippen LogP contribution in [-0.2, 0) is 10.0 Å². The predicted molar refractivity (Wildman–Crippen MR) is 44.0 cm³/mol. The Balaban J connectivity index is 4.13. The van der Waals surface area contributed by atoms with Crippen LogP contribution in [0.25, 0.3) is 0 Å². The lowest BCUT2D eigenvalue weighted by atomic mass is 10.4. The Morgan fingerprint density at radius 1 is 1.50 bits per heavy atom. The lowest BCUT2D eigenvalue weighted by molar-refractivity contribution is -0.200. The molecule has 0 heterocycles. The van der Waals surface area contributed by atoms with Crippen molar-refractivity contribution in [1.82, 2.24) is 4.72 Å². The van der Waals surface area contributed by atoms with E-state index in [4.69, 9.17) is 5.11 Å². The second-order valence-electron chi connectivity index (χ2n) is 2.48. The SMILES string of the molecule is C=CCS(=O)(=O)NCC(O)C(F)(F)F. The van der Waals surface area contributed by atoms with Crippen molar-refractivity contribution in [3.63, 3.8) is 0 Å². The summed E-state index contributed by atoms with van der Waals surface area (Å²) in [6.07, 6.45) is -6.49. The van der Waals surface area contributed by atoms with Crippen LogP contribution < -0.4 is 4.72 Å². The first kappa shape index (κ1) is 13.4. The van der Waals surface area contributed by atoms with Crippen molar-refractivity contribution in [1.29, 1.82) is 0 Å². The summed E-state index contributed by atoms with van der Waals surface area (Å²) in [7, 11) is -3.82. The van der Waals surface area contributed by atoms with Gasteiger partial charge in [-0.3, -0.25) is 0 Å². The Morgan fingerprint density at radius 3 is 2.36 bits per heavy atom. The minimum absolute atomic E-state index is 0.489. The number of sulfonamides is 1. The second kappa shape index (κ2) is 4.76. The van der Waals surface area contributed by atoms with Crippen molar-refractivity contribution < 1.29 is 26.7 Å². The Labute approximate surface area is 79.5 Å². The van der Waals surface area contributed by atoms with Gasteiger partial charge in [-0.05, 0) is 0 Å². The number of rotatable bonds is 5. The minimum atomic E-state index is -4.82. The third kappa shape index (κ3) is 5.20. The van der Waals surface area contributed by atoms with E-state index in [2.05, 4.69) is 6.58 Å². The Bertz CT molecular complexity index is 285. The maximum absolute atomic E-state index is 11.7. The monoisotopic (exact) mass is 233 g/mol. The fourth-order valence-electron chi connectivity index (χ4n) is 0.536. The van der Waals surface area contributed by atoms with E-state index < -0.39 is 34.6 Å². The lowest BCUT2D eigenvalue weighted by Crippen LogP contribution is -2.41. The van der Waals surface area contributed by atoms with Gasteiger partial charge in [0.05, 0.1) is 5.75 Å². The number of nitrogens with one attached hydrogen (secondary N) is 1. The number of halogens is 3. The lowest BCUT2D eigenvalue weighted by Gasteiger charge is -2.14. The van der Waals surface area contributed by atoms with E-state index in [0.717, 1.165) is 6.08 Å². The molecule has 0 amide bonds. The predicted octanol–water partition coefficient (Wildman–Crippen LogP) is 0.0150. The molecule has 0 aromatic rings. The summed E-state index contributed by atoms with van der Waals surface area (Å²) in [5.74, 6) is -0.489. The van der Waals surface area contributed by atoms with Gasteiger partial charge in [-0.15, -0.1) is 6.58 Å². The van der Waals surface area contributed by atoms with Gasteiger partial charge in [-0.2, -0.15) is 13.2 Å². The Hall–Kier alpha value is -0.600. The van der Waals surface area contributed by atoms with E-state index in [1.165, 1.54) is 0 Å². The highest BCUT2D eigenvalue weighted by atomic mass is 32.2. The molecule has 2 N–H and O–H groups in total. The highest BCUT2D eigenvalue weighted by Crippen LogP contribution is 2.19. The molecule has 84 valence electrons. The number of aliphatic hydroxyl groups excluding tert-OH is 1. The van der Waals surface area contributed by atoms with E-state index in [9.17, 15) is 21.6 Å². The Kier molecular flexibility index (Phi) is 4.56. The smallest absolute Gasteiger partial charge is 0.382 e. The molecular formula is C6H10F3NO3S. The fourth-order valence-corrected chi connectivity index (χ4v) is 1.38. The second-order valence-corrected chi connectivity index (χ2v) is 4.33. The molecular weight excluding hydrogens is 223 g/mol. The average Bonchev–Trinajstić information content (AvgIpc) is 1.98. The largest absolute Gasteiger partial charge is 0.415 e. The molecule has 1 atom stereocenters. The van der Waals surface area contributed by atoms with E-state index in [1.807, 2.05) is 0 Å². The van der Waals surface area contributed by atoms with Gasteiger partial charge < -0.3 is 5.11 Å². The zero-order chi connectivity index (χ0) is 11.4. The van der Waals surface area contributed by atoms with Crippen molar-refractivity contribution in [2.24, 2.45) is 0 Å². The molecule has 0 spiro atoms. The van der Waals surface area contributed by atoms with Gasteiger partial charge in [0.1, 0.15) is 0 Å². The molecule has 0 aliphatic rings. The first-order valence-electron chi connectivity index (χ1n) is 3.52. The molecule has 0 saturated carbocycles. The topological polar surface area (TPSA) is 66.4 Å². The molecule has 0 radical (unpaired) electrons. The highest BCUT2D eigenvalue weighted by molar-refractivity contribution is 7.89. The molecule has 0 rings (SSSR count). The molecule has 0 saturated heterocycles. The fraction of sp³-hybridized carbons (Fsp3) is 0.667. The van der Waals surface area contributed by atoms with Crippen LogP contribution in [0.4, 0.5) is 13.2 Å². The summed E-state index contributed by atoms with van der Waals surface area (Å²) < 4.78 is 58.3. The number of hydrogen-bond donors (Lipinski definition) is 2. The summed E-state index contributed by atoms with van der Waals surface area (Å²) >= 11 is 0. The molecule has 14 heavy (non-hydrogen) atoms. The van der Waals surface area contributed by atoms with E-state index in [1.54, 1.807) is 4.72 Å². The van der Waals surface area contributed by atoms with Crippen LogP contribution in [0, 0.1) is 0 Å². The first-order chi connectivity index (χ1) is 6.19. The normalized spacial score (nSPS) is 15.1. The van der Waals surface area contributed by atoms with Crippen LogP contribution in [0.2, 0.25) is 0 Å². The average molecular weight is 233 g/mol. The maximum atomic E-state index is 11.7. The molecule has 1 unspecified atom stereocenters. The van der Waals surface area contributed by atoms with Crippen molar-refractivity contribution in [2.75, 3.05) is 12.3 Å². The summed E-state index contributed by atoms with van der Waals surface area (Å²) in [6, 6.07) is 0. The van der Waals surface area contributed by atoms with Crippen molar-refractivity contribution >= 4 is 10.0 Å². The van der Waals surface area contributed by atoms with Gasteiger partial charge in [-0.25, -0.2) is 13.1 Å². The standard InChI is InChI=1S/C6H10F3NO3S/c1-2-3-14(12,13)10-4-5(11)6(7,8)9/h2,5,10-11H,1,3-4H2. The summed E-state index contributed by atoms with van der Waals surface area (Å²) in [5, 5.41) is 8.44. The third-order valence-electron chi connectivity index (χ3n) is 1.21. The van der Waals surface area contributed by atoms with Gasteiger partial charge >= 0.3 is 6.18 Å². The van der Waals surface area contributed by atoms with Crippen molar-refractivity contribution in [2.45, 2.75) is 12.3 Å². The molecule has 0 aliphatic carbocycles. The van der Waals surface area contributed by atoms with Crippen LogP contribution in [0.5, 0.6) is 0 Å². The highest BCUT2D eigenvalue weighted by Gasteiger charge is 2.38. The van der Waals surface area contributed by atoms with Crippen molar-refractivity contribution in [3.05, 3.63) is 12.7 Å². The molecule has 0 aromatic carbocycles. The summed E-state index contributed by atoms with van der Waals surface area (Å²) in [6.45, 7) is 2.03. The van der Waals surface area contributed by atoms with Crippen LogP contribution in [-0.4, -0.2) is 38.1 Å². The molecule has 4 nitrogen and oxygen atoms in total. The zero-order valence-corrected chi connectivity index (χ0v) is 7.90. The van der Waals surface area contributed by atoms with Gasteiger partial charge in [0, 0.05) is 6.54 Å². The molecule has 0 fully saturated rings. The van der Waals surface area contributed by atoms with Gasteiger partial charge in [0.25, 0.3) is 0 Å². The minimum Gasteiger partial charge on any atom is -0.382 e. The first-order valence-corrected chi connectivity index (χ1v) is 5.17.